The zero-order valence-electron chi connectivity index (χ0n) is 12.8. The maximum Gasteiger partial charge on any atom is 0.319 e. The summed E-state index contributed by atoms with van der Waals surface area (Å²) in [7, 11) is 0. The Kier molecular flexibility index (Phi) is 5.68. The highest BCUT2D eigenvalue weighted by molar-refractivity contribution is 6.03. The third-order valence-corrected chi connectivity index (χ3v) is 3.67. The van der Waals surface area contributed by atoms with E-state index >= 15 is 0 Å². The molecule has 1 aliphatic rings. The van der Waals surface area contributed by atoms with Crippen molar-refractivity contribution in [2.24, 2.45) is 5.41 Å². The molecule has 6 heteroatoms. The quantitative estimate of drug-likeness (QED) is 0.537. The van der Waals surface area contributed by atoms with Gasteiger partial charge in [0.25, 0.3) is 0 Å². The number of nitrogens with zero attached hydrogens (tertiary/aromatic N) is 2. The maximum absolute atomic E-state index is 12.2. The van der Waals surface area contributed by atoms with Gasteiger partial charge in [-0.25, -0.2) is 0 Å². The minimum absolute atomic E-state index is 0.0582. The fraction of sp³-hybridized carbons (Fsp3) is 0.786. The van der Waals surface area contributed by atoms with Gasteiger partial charge in [-0.3, -0.25) is 19.3 Å². The molecule has 1 rings (SSSR count). The summed E-state index contributed by atoms with van der Waals surface area (Å²) in [5, 5.41) is 0. The van der Waals surface area contributed by atoms with Crippen LogP contribution < -0.4 is 0 Å². The second-order valence-electron chi connectivity index (χ2n) is 5.55. The van der Waals surface area contributed by atoms with E-state index in [1.54, 1.807) is 32.6 Å². The first-order valence-electron chi connectivity index (χ1n) is 6.97. The zero-order chi connectivity index (χ0) is 15.3. The minimum atomic E-state index is -1.12. The van der Waals surface area contributed by atoms with Crippen molar-refractivity contribution >= 4 is 17.7 Å². The van der Waals surface area contributed by atoms with Crippen molar-refractivity contribution in [1.82, 2.24) is 9.80 Å². The molecule has 0 aromatic carbocycles. The molecule has 0 bridgehead atoms. The SMILES string of the molecule is CCOC(=O)C(C)(C)C(=O)CN1CCN(C(C)=O)CC1. The average molecular weight is 284 g/mol. The number of esters is 1. The van der Waals surface area contributed by atoms with Crippen LogP contribution in [-0.2, 0) is 19.1 Å². The third-order valence-electron chi connectivity index (χ3n) is 3.67. The topological polar surface area (TPSA) is 66.9 Å². The van der Waals surface area contributed by atoms with Gasteiger partial charge in [0.05, 0.1) is 13.2 Å². The summed E-state index contributed by atoms with van der Waals surface area (Å²) in [5.41, 5.74) is -1.12. The second-order valence-corrected chi connectivity index (χ2v) is 5.55. The first kappa shape index (κ1) is 16.6. The molecule has 1 aliphatic heterocycles. The highest BCUT2D eigenvalue weighted by atomic mass is 16.5. The number of ketones is 1. The molecular formula is C14H24N2O4. The molecule has 20 heavy (non-hydrogen) atoms. The van der Waals surface area contributed by atoms with E-state index in [9.17, 15) is 14.4 Å². The monoisotopic (exact) mass is 284 g/mol. The Morgan fingerprint density at radius 3 is 2.10 bits per heavy atom. The Morgan fingerprint density at radius 2 is 1.65 bits per heavy atom. The van der Waals surface area contributed by atoms with Gasteiger partial charge in [0.2, 0.25) is 5.91 Å². The Labute approximate surface area is 120 Å². The summed E-state index contributed by atoms with van der Waals surface area (Å²) in [4.78, 5) is 39.0. The molecule has 0 aromatic heterocycles. The van der Waals surface area contributed by atoms with Gasteiger partial charge in [0.1, 0.15) is 5.41 Å². The lowest BCUT2D eigenvalue weighted by Crippen LogP contribution is -2.51. The van der Waals surface area contributed by atoms with Crippen LogP contribution in [0.4, 0.5) is 0 Å². The summed E-state index contributed by atoms with van der Waals surface area (Å²) in [6, 6.07) is 0. The molecule has 0 aliphatic carbocycles. The van der Waals surface area contributed by atoms with Gasteiger partial charge in [-0.1, -0.05) is 0 Å². The van der Waals surface area contributed by atoms with Gasteiger partial charge in [-0.2, -0.15) is 0 Å². The van der Waals surface area contributed by atoms with Crippen molar-refractivity contribution in [3.05, 3.63) is 0 Å². The fourth-order valence-electron chi connectivity index (χ4n) is 2.05. The molecule has 114 valence electrons. The van der Waals surface area contributed by atoms with Crippen LogP contribution in [0.25, 0.3) is 0 Å². The van der Waals surface area contributed by atoms with Crippen LogP contribution in [0.3, 0.4) is 0 Å². The summed E-state index contributed by atoms with van der Waals surface area (Å²) in [6.45, 7) is 9.52. The Bertz CT molecular complexity index is 385. The van der Waals surface area contributed by atoms with E-state index in [1.807, 2.05) is 4.90 Å². The lowest BCUT2D eigenvalue weighted by Gasteiger charge is -2.35. The predicted octanol–water partition coefficient (Wildman–Crippen LogP) is 0.309. The highest BCUT2D eigenvalue weighted by Crippen LogP contribution is 2.20. The summed E-state index contributed by atoms with van der Waals surface area (Å²) >= 11 is 0. The Morgan fingerprint density at radius 1 is 1.10 bits per heavy atom. The van der Waals surface area contributed by atoms with Crippen LogP contribution in [0.1, 0.15) is 27.7 Å². The molecule has 1 fully saturated rings. The molecule has 0 N–H and O–H groups in total. The lowest BCUT2D eigenvalue weighted by molar-refractivity contribution is -0.158. The van der Waals surface area contributed by atoms with Crippen LogP contribution in [0, 0.1) is 5.41 Å². The van der Waals surface area contributed by atoms with E-state index in [-0.39, 0.29) is 24.8 Å². The summed E-state index contributed by atoms with van der Waals surface area (Å²) < 4.78 is 4.93. The van der Waals surface area contributed by atoms with E-state index in [0.717, 1.165) is 0 Å². The normalized spacial score (nSPS) is 16.9. The zero-order valence-corrected chi connectivity index (χ0v) is 12.8. The number of ether oxygens (including phenoxy) is 1. The first-order valence-corrected chi connectivity index (χ1v) is 6.97. The molecule has 1 amide bonds. The number of carbonyl (C=O) groups is 3. The molecule has 1 heterocycles. The Hall–Kier alpha value is -1.43. The van der Waals surface area contributed by atoms with Gasteiger partial charge in [-0.15, -0.1) is 0 Å². The van der Waals surface area contributed by atoms with Gasteiger partial charge in [0.15, 0.2) is 5.78 Å². The first-order chi connectivity index (χ1) is 9.28. The minimum Gasteiger partial charge on any atom is -0.465 e. The van der Waals surface area contributed by atoms with Crippen molar-refractivity contribution in [3.8, 4) is 0 Å². The molecule has 0 spiro atoms. The van der Waals surface area contributed by atoms with E-state index < -0.39 is 11.4 Å². The van der Waals surface area contributed by atoms with E-state index in [2.05, 4.69) is 0 Å². The summed E-state index contributed by atoms with van der Waals surface area (Å²) in [5.74, 6) is -0.567. The number of rotatable bonds is 5. The Balaban J connectivity index is 2.51. The third kappa shape index (κ3) is 4.03. The van der Waals surface area contributed by atoms with Crippen molar-refractivity contribution in [2.75, 3.05) is 39.3 Å². The van der Waals surface area contributed by atoms with Crippen molar-refractivity contribution in [3.63, 3.8) is 0 Å². The largest absolute Gasteiger partial charge is 0.465 e. The molecule has 0 radical (unpaired) electrons. The molecule has 0 unspecified atom stereocenters. The maximum atomic E-state index is 12.2. The molecule has 0 aromatic rings. The van der Waals surface area contributed by atoms with Crippen LogP contribution in [0.2, 0.25) is 0 Å². The average Bonchev–Trinajstić information content (AvgIpc) is 2.39. The van der Waals surface area contributed by atoms with E-state index in [1.165, 1.54) is 0 Å². The van der Waals surface area contributed by atoms with Crippen LogP contribution >= 0.6 is 0 Å². The molecule has 6 nitrogen and oxygen atoms in total. The number of Topliss-reactive ketones (excluding diaryl/α,β-unsaturated/α-hetero) is 1. The molecule has 0 saturated carbocycles. The van der Waals surface area contributed by atoms with Crippen molar-refractivity contribution in [2.45, 2.75) is 27.7 Å². The highest BCUT2D eigenvalue weighted by Gasteiger charge is 2.38. The van der Waals surface area contributed by atoms with Gasteiger partial charge < -0.3 is 9.64 Å². The molecule has 0 atom stereocenters. The number of hydrogen-bond acceptors (Lipinski definition) is 5. The van der Waals surface area contributed by atoms with E-state index in [4.69, 9.17) is 4.74 Å². The van der Waals surface area contributed by atoms with E-state index in [0.29, 0.717) is 26.2 Å². The van der Waals surface area contributed by atoms with Crippen LogP contribution in [-0.4, -0.2) is 66.8 Å². The smallest absolute Gasteiger partial charge is 0.319 e. The standard InChI is InChI=1S/C14H24N2O4/c1-5-20-13(19)14(3,4)12(18)10-15-6-8-16(9-7-15)11(2)17/h5-10H2,1-4H3. The number of amides is 1. The number of carbonyl (C=O) groups excluding carboxylic acids is 3. The van der Waals surface area contributed by atoms with Gasteiger partial charge in [-0.05, 0) is 20.8 Å². The fourth-order valence-corrected chi connectivity index (χ4v) is 2.05. The van der Waals surface area contributed by atoms with Crippen LogP contribution in [0.15, 0.2) is 0 Å². The number of hydrogen-bond donors (Lipinski definition) is 0. The van der Waals surface area contributed by atoms with Gasteiger partial charge in [0, 0.05) is 33.1 Å². The number of piperazine rings is 1. The van der Waals surface area contributed by atoms with Crippen molar-refractivity contribution in [1.29, 1.82) is 0 Å². The van der Waals surface area contributed by atoms with Crippen molar-refractivity contribution < 1.29 is 19.1 Å². The second kappa shape index (κ2) is 6.83. The molecular weight excluding hydrogens is 260 g/mol. The van der Waals surface area contributed by atoms with Gasteiger partial charge >= 0.3 is 5.97 Å². The molecule has 1 saturated heterocycles. The summed E-state index contributed by atoms with van der Waals surface area (Å²) in [6.07, 6.45) is 0. The van der Waals surface area contributed by atoms with Crippen LogP contribution in [0.5, 0.6) is 0 Å². The lowest BCUT2D eigenvalue weighted by atomic mass is 9.87. The predicted molar refractivity (Wildman–Crippen MR) is 74.1 cm³/mol.